The van der Waals surface area contributed by atoms with Gasteiger partial charge in [0.05, 0.1) is 10.7 Å². The number of amides is 2. The lowest BCUT2D eigenvalue weighted by Gasteiger charge is -2.36. The maximum atomic E-state index is 12.6. The molecule has 35 heavy (non-hydrogen) atoms. The molecule has 0 unspecified atom stereocenters. The van der Waals surface area contributed by atoms with Crippen LogP contribution in [0.25, 0.3) is 17.0 Å². The normalized spacial score (nSPS) is 14.0. The minimum Gasteiger partial charge on any atom is -0.451 e. The molecule has 0 bridgehead atoms. The first-order valence-corrected chi connectivity index (χ1v) is 11.8. The molecule has 0 aliphatic carbocycles. The highest BCUT2D eigenvalue weighted by molar-refractivity contribution is 6.33. The van der Waals surface area contributed by atoms with Gasteiger partial charge < -0.3 is 19.5 Å². The van der Waals surface area contributed by atoms with E-state index >= 15 is 0 Å². The van der Waals surface area contributed by atoms with Gasteiger partial charge >= 0.3 is 0 Å². The number of hydrogen-bond donors (Lipinski definition) is 1. The molecule has 0 radical (unpaired) electrons. The van der Waals surface area contributed by atoms with E-state index in [9.17, 15) is 9.59 Å². The molecule has 1 fully saturated rings. The molecule has 0 atom stereocenters. The van der Waals surface area contributed by atoms with Crippen molar-refractivity contribution in [1.82, 2.24) is 4.90 Å². The van der Waals surface area contributed by atoms with Crippen LogP contribution in [0.1, 0.15) is 16.1 Å². The second-order valence-electron chi connectivity index (χ2n) is 8.33. The first-order chi connectivity index (χ1) is 17.1. The van der Waals surface area contributed by atoms with Crippen molar-refractivity contribution in [3.8, 4) is 0 Å². The van der Waals surface area contributed by atoms with Gasteiger partial charge in [-0.2, -0.15) is 0 Å². The van der Waals surface area contributed by atoms with E-state index in [0.29, 0.717) is 42.5 Å². The Kier molecular flexibility index (Phi) is 6.55. The number of nitrogens with zero attached hydrogens (tertiary/aromatic N) is 2. The number of nitrogens with one attached hydrogen (secondary N) is 1. The molecule has 6 nitrogen and oxygen atoms in total. The molecule has 2 heterocycles. The van der Waals surface area contributed by atoms with E-state index in [-0.39, 0.29) is 17.6 Å². The van der Waals surface area contributed by atoms with E-state index in [4.69, 9.17) is 16.0 Å². The van der Waals surface area contributed by atoms with Gasteiger partial charge in [0, 0.05) is 43.3 Å². The van der Waals surface area contributed by atoms with Crippen LogP contribution >= 0.6 is 11.6 Å². The molecule has 1 saturated heterocycles. The van der Waals surface area contributed by atoms with Gasteiger partial charge in [0.1, 0.15) is 5.58 Å². The number of hydrogen-bond acceptors (Lipinski definition) is 4. The van der Waals surface area contributed by atoms with E-state index in [1.54, 1.807) is 18.2 Å². The summed E-state index contributed by atoms with van der Waals surface area (Å²) in [5.41, 5.74) is 3.13. The minimum absolute atomic E-state index is 0.00301. The third kappa shape index (κ3) is 5.23. The Bertz CT molecular complexity index is 1360. The summed E-state index contributed by atoms with van der Waals surface area (Å²) in [5, 5.41) is 4.26. The Morgan fingerprint density at radius 1 is 0.886 bits per heavy atom. The van der Waals surface area contributed by atoms with Crippen LogP contribution in [-0.4, -0.2) is 42.9 Å². The maximum Gasteiger partial charge on any atom is 0.291 e. The monoisotopic (exact) mass is 485 g/mol. The summed E-state index contributed by atoms with van der Waals surface area (Å²) in [5.74, 6) is -0.0857. The van der Waals surface area contributed by atoms with E-state index in [0.717, 1.165) is 16.6 Å². The Morgan fingerprint density at radius 2 is 1.63 bits per heavy atom. The van der Waals surface area contributed by atoms with Gasteiger partial charge in [0.15, 0.2) is 5.76 Å². The van der Waals surface area contributed by atoms with Crippen molar-refractivity contribution in [2.75, 3.05) is 36.4 Å². The lowest BCUT2D eigenvalue weighted by Crippen LogP contribution is -2.48. The van der Waals surface area contributed by atoms with Gasteiger partial charge in [0.2, 0.25) is 5.91 Å². The topological polar surface area (TPSA) is 65.8 Å². The highest BCUT2D eigenvalue weighted by Crippen LogP contribution is 2.30. The van der Waals surface area contributed by atoms with E-state index in [2.05, 4.69) is 10.2 Å². The maximum absolute atomic E-state index is 12.6. The smallest absolute Gasteiger partial charge is 0.291 e. The van der Waals surface area contributed by atoms with Crippen LogP contribution in [0, 0.1) is 0 Å². The van der Waals surface area contributed by atoms with Crippen LogP contribution in [0.2, 0.25) is 5.02 Å². The molecule has 2 amide bonds. The number of para-hydroxylation sites is 1. The molecule has 0 saturated carbocycles. The Balaban J connectivity index is 1.19. The summed E-state index contributed by atoms with van der Waals surface area (Å²) >= 11 is 6.56. The van der Waals surface area contributed by atoms with Crippen molar-refractivity contribution in [1.29, 1.82) is 0 Å². The molecular weight excluding hydrogens is 462 g/mol. The zero-order valence-corrected chi connectivity index (χ0v) is 19.7. The molecule has 3 aromatic carbocycles. The summed E-state index contributed by atoms with van der Waals surface area (Å²) in [6.07, 6.45) is 3.46. The molecular formula is C28H24ClN3O3. The van der Waals surface area contributed by atoms with Crippen LogP contribution in [0.3, 0.4) is 0 Å². The number of rotatable bonds is 5. The number of fused-ring (bicyclic) bond motifs is 1. The lowest BCUT2D eigenvalue weighted by atomic mass is 10.2. The van der Waals surface area contributed by atoms with Gasteiger partial charge in [-0.25, -0.2) is 0 Å². The fourth-order valence-electron chi connectivity index (χ4n) is 4.13. The Morgan fingerprint density at radius 3 is 2.37 bits per heavy atom. The number of carbonyl (C=O) groups excluding carboxylic acids is 2. The first kappa shape index (κ1) is 22.7. The molecule has 7 heteroatoms. The van der Waals surface area contributed by atoms with Gasteiger partial charge in [-0.15, -0.1) is 0 Å². The Labute approximate surface area is 208 Å². The van der Waals surface area contributed by atoms with Gasteiger partial charge in [0.25, 0.3) is 5.91 Å². The van der Waals surface area contributed by atoms with Crippen LogP contribution in [0.5, 0.6) is 0 Å². The average Bonchev–Trinajstić information content (AvgIpc) is 3.33. The average molecular weight is 486 g/mol. The summed E-state index contributed by atoms with van der Waals surface area (Å²) in [7, 11) is 0. The van der Waals surface area contributed by atoms with Crippen molar-refractivity contribution >= 4 is 51.8 Å². The number of carbonyl (C=O) groups is 2. The number of piperazine rings is 1. The van der Waals surface area contributed by atoms with Crippen molar-refractivity contribution in [2.45, 2.75) is 0 Å². The summed E-state index contributed by atoms with van der Waals surface area (Å²) in [6, 6.07) is 24.4. The molecule has 0 spiro atoms. The van der Waals surface area contributed by atoms with Crippen molar-refractivity contribution < 1.29 is 14.0 Å². The van der Waals surface area contributed by atoms with Crippen LogP contribution < -0.4 is 10.2 Å². The third-order valence-electron chi connectivity index (χ3n) is 6.00. The van der Waals surface area contributed by atoms with E-state index in [1.165, 1.54) is 0 Å². The van der Waals surface area contributed by atoms with Crippen molar-refractivity contribution in [3.63, 3.8) is 0 Å². The highest BCUT2D eigenvalue weighted by atomic mass is 35.5. The largest absolute Gasteiger partial charge is 0.451 e. The number of anilines is 2. The first-order valence-electron chi connectivity index (χ1n) is 11.4. The molecule has 1 aliphatic heterocycles. The highest BCUT2D eigenvalue weighted by Gasteiger charge is 2.22. The molecule has 5 rings (SSSR count). The summed E-state index contributed by atoms with van der Waals surface area (Å²) < 4.78 is 5.63. The number of benzene rings is 3. The van der Waals surface area contributed by atoms with Gasteiger partial charge in [-0.1, -0.05) is 60.1 Å². The van der Waals surface area contributed by atoms with E-state index < -0.39 is 0 Å². The summed E-state index contributed by atoms with van der Waals surface area (Å²) in [6.45, 7) is 2.57. The SMILES string of the molecule is O=C(Nc1ccc(N2CCN(C(=O)/C=C/c3ccccc3)CC2)c(Cl)c1)c1cc2ccccc2o1. The molecule has 4 aromatic rings. The van der Waals surface area contributed by atoms with Crippen LogP contribution in [0.15, 0.2) is 89.4 Å². The predicted octanol–water partition coefficient (Wildman–Crippen LogP) is 5.70. The van der Waals surface area contributed by atoms with Crippen molar-refractivity contribution in [3.05, 3.63) is 101 Å². The van der Waals surface area contributed by atoms with Crippen molar-refractivity contribution in [2.24, 2.45) is 0 Å². The second kappa shape index (κ2) is 10.1. The standard InChI is InChI=1S/C28H24ClN3O3/c29-23-19-22(30-28(34)26-18-21-8-4-5-9-25(21)35-26)11-12-24(23)31-14-16-32(17-15-31)27(33)13-10-20-6-2-1-3-7-20/h1-13,18-19H,14-17H2,(H,30,34)/b13-10+. The summed E-state index contributed by atoms with van der Waals surface area (Å²) in [4.78, 5) is 29.2. The number of furan rings is 1. The third-order valence-corrected chi connectivity index (χ3v) is 6.31. The van der Waals surface area contributed by atoms with Gasteiger partial charge in [-0.05, 0) is 42.0 Å². The zero-order chi connectivity index (χ0) is 24.2. The minimum atomic E-state index is -0.333. The van der Waals surface area contributed by atoms with Crippen LogP contribution in [0.4, 0.5) is 11.4 Å². The van der Waals surface area contributed by atoms with E-state index in [1.807, 2.05) is 77.7 Å². The molecule has 1 aliphatic rings. The second-order valence-corrected chi connectivity index (χ2v) is 8.73. The lowest BCUT2D eigenvalue weighted by molar-refractivity contribution is -0.126. The zero-order valence-electron chi connectivity index (χ0n) is 19.0. The predicted molar refractivity (Wildman–Crippen MR) is 140 cm³/mol. The molecule has 176 valence electrons. The Hall–Kier alpha value is -4.03. The number of halogens is 1. The quantitative estimate of drug-likeness (QED) is 0.368. The fourth-order valence-corrected chi connectivity index (χ4v) is 4.43. The van der Waals surface area contributed by atoms with Gasteiger partial charge in [-0.3, -0.25) is 9.59 Å². The molecule has 1 aromatic heterocycles. The van der Waals surface area contributed by atoms with Crippen LogP contribution in [-0.2, 0) is 4.79 Å². The molecule has 1 N–H and O–H groups in total. The fraction of sp³-hybridized carbons (Fsp3) is 0.143.